The monoisotopic (exact) mass is 376 g/mol. The smallest absolute Gasteiger partial charge is 0.253 e. The first-order valence-corrected chi connectivity index (χ1v) is 7.33. The second kappa shape index (κ2) is 6.04. The molecule has 2 rings (SSSR count). The van der Waals surface area contributed by atoms with Crippen LogP contribution in [0.2, 0.25) is 0 Å². The first kappa shape index (κ1) is 13.8. The highest BCUT2D eigenvalue weighted by Gasteiger charge is 2.23. The lowest BCUT2D eigenvalue weighted by Gasteiger charge is -2.22. The maximum atomic E-state index is 12.0. The van der Waals surface area contributed by atoms with Crippen molar-refractivity contribution in [2.75, 3.05) is 17.7 Å². The molecule has 1 aliphatic heterocycles. The Morgan fingerprint density at radius 2 is 2.00 bits per heavy atom. The van der Waals surface area contributed by atoms with Crippen LogP contribution in [0, 0.1) is 0 Å². The van der Waals surface area contributed by atoms with E-state index in [1.165, 1.54) is 0 Å². The number of carbonyl (C=O) groups excluding carboxylic acids is 1. The topological polar surface area (TPSA) is 64.3 Å². The van der Waals surface area contributed by atoms with E-state index in [-0.39, 0.29) is 12.0 Å². The van der Waals surface area contributed by atoms with Crippen molar-refractivity contribution in [3.05, 3.63) is 21.1 Å². The van der Waals surface area contributed by atoms with Crippen LogP contribution >= 0.6 is 31.9 Å². The van der Waals surface area contributed by atoms with Gasteiger partial charge in [-0.1, -0.05) is 0 Å². The summed E-state index contributed by atoms with van der Waals surface area (Å²) in [6.07, 6.45) is 2.48. The van der Waals surface area contributed by atoms with Crippen LogP contribution < -0.4 is 11.1 Å². The maximum absolute atomic E-state index is 12.0. The number of carbonyl (C=O) groups is 1. The van der Waals surface area contributed by atoms with E-state index in [4.69, 9.17) is 10.5 Å². The number of benzene rings is 1. The van der Waals surface area contributed by atoms with Crippen LogP contribution in [-0.2, 0) is 9.53 Å². The summed E-state index contributed by atoms with van der Waals surface area (Å²) in [4.78, 5) is 12.0. The molecule has 1 aromatic rings. The van der Waals surface area contributed by atoms with Crippen molar-refractivity contribution >= 4 is 49.1 Å². The van der Waals surface area contributed by atoms with Crippen LogP contribution in [0.5, 0.6) is 0 Å². The lowest BCUT2D eigenvalue weighted by molar-refractivity contribution is -0.129. The minimum absolute atomic E-state index is 0.110. The number of amides is 1. The molecule has 1 aromatic carbocycles. The molecule has 0 spiro atoms. The van der Waals surface area contributed by atoms with Crippen molar-refractivity contribution in [2.24, 2.45) is 0 Å². The molecule has 4 nitrogen and oxygen atoms in total. The van der Waals surface area contributed by atoms with Crippen molar-refractivity contribution in [1.29, 1.82) is 0 Å². The quantitative estimate of drug-likeness (QED) is 0.777. The summed E-state index contributed by atoms with van der Waals surface area (Å²) in [5.41, 5.74) is 7.01. The summed E-state index contributed by atoms with van der Waals surface area (Å²) < 4.78 is 6.95. The number of ether oxygens (including phenoxy) is 1. The molecule has 18 heavy (non-hydrogen) atoms. The van der Waals surface area contributed by atoms with Gasteiger partial charge in [0.2, 0.25) is 0 Å². The van der Waals surface area contributed by atoms with Gasteiger partial charge in [-0.05, 0) is 63.3 Å². The van der Waals surface area contributed by atoms with Gasteiger partial charge in [-0.2, -0.15) is 0 Å². The number of nitrogens with one attached hydrogen (secondary N) is 1. The average Bonchev–Trinajstić information content (AvgIpc) is 2.34. The molecule has 0 aliphatic carbocycles. The Balaban J connectivity index is 2.11. The van der Waals surface area contributed by atoms with Gasteiger partial charge in [0, 0.05) is 21.2 Å². The lowest BCUT2D eigenvalue weighted by atomic mass is 10.1. The molecule has 98 valence electrons. The number of nitrogen functional groups attached to an aromatic ring is 1. The second-order valence-electron chi connectivity index (χ2n) is 4.20. The highest BCUT2D eigenvalue weighted by atomic mass is 79.9. The molecule has 0 aromatic heterocycles. The van der Waals surface area contributed by atoms with Crippen LogP contribution in [-0.4, -0.2) is 18.6 Å². The summed E-state index contributed by atoms with van der Waals surface area (Å²) >= 11 is 6.77. The Kier molecular flexibility index (Phi) is 4.64. The Hall–Kier alpha value is -0.590. The van der Waals surface area contributed by atoms with Gasteiger partial charge in [0.15, 0.2) is 0 Å². The summed E-state index contributed by atoms with van der Waals surface area (Å²) in [5, 5.41) is 2.86. The Morgan fingerprint density at radius 1 is 1.33 bits per heavy atom. The van der Waals surface area contributed by atoms with Crippen LogP contribution in [0.4, 0.5) is 11.4 Å². The normalized spacial score (nSPS) is 19.6. The molecule has 1 heterocycles. The molecule has 1 atom stereocenters. The molecule has 0 radical (unpaired) electrons. The Morgan fingerprint density at radius 3 is 2.56 bits per heavy atom. The molecule has 1 amide bonds. The third kappa shape index (κ3) is 3.24. The third-order valence-electron chi connectivity index (χ3n) is 2.78. The van der Waals surface area contributed by atoms with Crippen LogP contribution in [0.15, 0.2) is 21.1 Å². The van der Waals surface area contributed by atoms with Gasteiger partial charge in [-0.25, -0.2) is 0 Å². The molecular weight excluding hydrogens is 364 g/mol. The largest absolute Gasteiger partial charge is 0.399 e. The highest BCUT2D eigenvalue weighted by molar-refractivity contribution is 9.11. The molecule has 1 unspecified atom stereocenters. The molecule has 0 saturated carbocycles. The van der Waals surface area contributed by atoms with E-state index in [0.717, 1.165) is 28.2 Å². The molecule has 0 bridgehead atoms. The molecule has 3 N–H and O–H groups in total. The van der Waals surface area contributed by atoms with E-state index in [1.807, 2.05) is 0 Å². The molecule has 1 fully saturated rings. The van der Waals surface area contributed by atoms with Crippen molar-refractivity contribution in [3.63, 3.8) is 0 Å². The predicted octanol–water partition coefficient (Wildman–Crippen LogP) is 3.30. The standard InChI is InChI=1S/C12H14Br2N2O2/c13-8-5-7(15)6-9(14)11(8)16-12(17)10-3-1-2-4-18-10/h5-6,10H,1-4,15H2,(H,16,17). The minimum atomic E-state index is -0.352. The second-order valence-corrected chi connectivity index (χ2v) is 5.91. The predicted molar refractivity (Wildman–Crippen MR) is 78.5 cm³/mol. The van der Waals surface area contributed by atoms with Gasteiger partial charge in [-0.3, -0.25) is 4.79 Å². The van der Waals surface area contributed by atoms with E-state index >= 15 is 0 Å². The number of hydrogen-bond acceptors (Lipinski definition) is 3. The van der Waals surface area contributed by atoms with Crippen LogP contribution in [0.25, 0.3) is 0 Å². The van der Waals surface area contributed by atoms with Gasteiger partial charge in [-0.15, -0.1) is 0 Å². The zero-order valence-electron chi connectivity index (χ0n) is 9.71. The number of rotatable bonds is 2. The van der Waals surface area contributed by atoms with E-state index in [1.54, 1.807) is 12.1 Å². The molecule has 1 aliphatic rings. The fourth-order valence-electron chi connectivity index (χ4n) is 1.86. The summed E-state index contributed by atoms with van der Waals surface area (Å²) in [6, 6.07) is 3.50. The molecule has 1 saturated heterocycles. The zero-order chi connectivity index (χ0) is 13.1. The van der Waals surface area contributed by atoms with Gasteiger partial charge < -0.3 is 15.8 Å². The van der Waals surface area contributed by atoms with Crippen LogP contribution in [0.1, 0.15) is 19.3 Å². The molecule has 6 heteroatoms. The third-order valence-corrected chi connectivity index (χ3v) is 4.04. The van der Waals surface area contributed by atoms with E-state index in [2.05, 4.69) is 37.2 Å². The first-order chi connectivity index (χ1) is 8.58. The van der Waals surface area contributed by atoms with E-state index < -0.39 is 0 Å². The molecular formula is C12H14Br2N2O2. The Bertz CT molecular complexity index is 436. The number of halogens is 2. The minimum Gasteiger partial charge on any atom is -0.399 e. The lowest BCUT2D eigenvalue weighted by Crippen LogP contribution is -2.33. The van der Waals surface area contributed by atoms with Gasteiger partial charge in [0.25, 0.3) is 5.91 Å². The van der Waals surface area contributed by atoms with Crippen molar-refractivity contribution < 1.29 is 9.53 Å². The summed E-state index contributed by atoms with van der Waals surface area (Å²) in [6.45, 7) is 0.655. The fourth-order valence-corrected chi connectivity index (χ4v) is 3.28. The summed E-state index contributed by atoms with van der Waals surface area (Å²) in [5.74, 6) is -0.110. The maximum Gasteiger partial charge on any atom is 0.253 e. The van der Waals surface area contributed by atoms with Crippen molar-refractivity contribution in [2.45, 2.75) is 25.4 Å². The summed E-state index contributed by atoms with van der Waals surface area (Å²) in [7, 11) is 0. The average molecular weight is 378 g/mol. The van der Waals surface area contributed by atoms with Gasteiger partial charge in [0.1, 0.15) is 6.10 Å². The number of anilines is 2. The highest BCUT2D eigenvalue weighted by Crippen LogP contribution is 2.33. The Labute approximate surface area is 123 Å². The van der Waals surface area contributed by atoms with E-state index in [0.29, 0.717) is 18.0 Å². The van der Waals surface area contributed by atoms with Crippen molar-refractivity contribution in [1.82, 2.24) is 0 Å². The van der Waals surface area contributed by atoms with Crippen molar-refractivity contribution in [3.8, 4) is 0 Å². The van der Waals surface area contributed by atoms with Gasteiger partial charge in [0.05, 0.1) is 5.69 Å². The zero-order valence-corrected chi connectivity index (χ0v) is 12.9. The van der Waals surface area contributed by atoms with Gasteiger partial charge >= 0.3 is 0 Å². The number of hydrogen-bond donors (Lipinski definition) is 2. The van der Waals surface area contributed by atoms with Crippen LogP contribution in [0.3, 0.4) is 0 Å². The fraction of sp³-hybridized carbons (Fsp3) is 0.417. The first-order valence-electron chi connectivity index (χ1n) is 5.75. The van der Waals surface area contributed by atoms with E-state index in [9.17, 15) is 4.79 Å². The number of nitrogens with two attached hydrogens (primary N) is 1. The SMILES string of the molecule is Nc1cc(Br)c(NC(=O)C2CCCCO2)c(Br)c1.